The van der Waals surface area contributed by atoms with Gasteiger partial charge in [-0.2, -0.15) is 0 Å². The van der Waals surface area contributed by atoms with Crippen molar-refractivity contribution in [1.82, 2.24) is 14.8 Å². The minimum Gasteiger partial charge on any atom is -0.480 e. The topological polar surface area (TPSA) is 62.7 Å². The van der Waals surface area contributed by atoms with Gasteiger partial charge in [-0.1, -0.05) is 24.3 Å². The summed E-state index contributed by atoms with van der Waals surface area (Å²) < 4.78 is 6.08. The number of rotatable bonds is 4. The number of fused-ring (bicyclic) bond motifs is 1. The summed E-state index contributed by atoms with van der Waals surface area (Å²) in [6, 6.07) is 16.8. The molecule has 0 spiro atoms. The van der Waals surface area contributed by atoms with Gasteiger partial charge < -0.3 is 14.5 Å². The first-order valence-electron chi connectivity index (χ1n) is 10.6. The molecule has 0 aliphatic carbocycles. The first kappa shape index (κ1) is 20.8. The molecule has 3 aromatic rings. The quantitative estimate of drug-likeness (QED) is 0.650. The van der Waals surface area contributed by atoms with Crippen LogP contribution in [0.2, 0.25) is 0 Å². The molecule has 2 aromatic carbocycles. The molecular formula is C25H27N3O3. The summed E-state index contributed by atoms with van der Waals surface area (Å²) in [6.45, 7) is 7.25. The van der Waals surface area contributed by atoms with Crippen LogP contribution in [0, 0.1) is 6.92 Å². The number of aryl methyl sites for hydroxylation is 1. The summed E-state index contributed by atoms with van der Waals surface area (Å²) in [4.78, 5) is 33.9. The van der Waals surface area contributed by atoms with Gasteiger partial charge >= 0.3 is 0 Å². The number of carbonyl (C=O) groups is 2. The third kappa shape index (κ3) is 4.24. The standard InChI is InChI=1S/C25H27N3O3/c1-17-11-12-22(21-10-7-13-26-23(17)21)31-19(3)24(29)28-15-14-27(16-18(28)2)25(30)20-8-5-4-6-9-20/h4-13,18-19H,14-16H2,1-3H3. The highest BCUT2D eigenvalue weighted by molar-refractivity contribution is 5.94. The number of nitrogens with zero attached hydrogens (tertiary/aromatic N) is 3. The molecule has 1 aromatic heterocycles. The van der Waals surface area contributed by atoms with E-state index in [1.54, 1.807) is 13.1 Å². The van der Waals surface area contributed by atoms with Gasteiger partial charge in [0.1, 0.15) is 5.75 Å². The van der Waals surface area contributed by atoms with E-state index in [0.717, 1.165) is 16.5 Å². The van der Waals surface area contributed by atoms with Crippen LogP contribution in [0.3, 0.4) is 0 Å². The van der Waals surface area contributed by atoms with E-state index in [-0.39, 0.29) is 17.9 Å². The molecule has 1 fully saturated rings. The Morgan fingerprint density at radius 2 is 1.84 bits per heavy atom. The molecular weight excluding hydrogens is 390 g/mol. The van der Waals surface area contributed by atoms with Crippen molar-refractivity contribution in [3.8, 4) is 5.75 Å². The average Bonchev–Trinajstić information content (AvgIpc) is 2.80. The lowest BCUT2D eigenvalue weighted by molar-refractivity contribution is -0.142. The fraction of sp³-hybridized carbons (Fsp3) is 0.320. The van der Waals surface area contributed by atoms with Crippen molar-refractivity contribution in [3.63, 3.8) is 0 Å². The van der Waals surface area contributed by atoms with Gasteiger partial charge in [0.15, 0.2) is 6.10 Å². The minimum absolute atomic E-state index is 0.00229. The largest absolute Gasteiger partial charge is 0.480 e. The van der Waals surface area contributed by atoms with Crippen molar-refractivity contribution >= 4 is 22.7 Å². The summed E-state index contributed by atoms with van der Waals surface area (Å²) >= 11 is 0. The number of amides is 2. The number of piperazine rings is 1. The Morgan fingerprint density at radius 3 is 2.58 bits per heavy atom. The maximum absolute atomic E-state index is 13.1. The maximum atomic E-state index is 13.1. The number of benzene rings is 2. The number of aromatic nitrogens is 1. The molecule has 1 saturated heterocycles. The summed E-state index contributed by atoms with van der Waals surface area (Å²) in [5.41, 5.74) is 2.61. The van der Waals surface area contributed by atoms with E-state index in [1.807, 2.05) is 78.2 Å². The molecule has 2 unspecified atom stereocenters. The fourth-order valence-electron chi connectivity index (χ4n) is 4.10. The Balaban J connectivity index is 1.43. The van der Waals surface area contributed by atoms with Crippen molar-refractivity contribution in [2.75, 3.05) is 19.6 Å². The molecule has 0 N–H and O–H groups in total. The number of ether oxygens (including phenoxy) is 1. The van der Waals surface area contributed by atoms with Gasteiger partial charge in [-0.15, -0.1) is 0 Å². The summed E-state index contributed by atoms with van der Waals surface area (Å²) in [5.74, 6) is 0.583. The van der Waals surface area contributed by atoms with Gasteiger partial charge in [0.05, 0.1) is 5.52 Å². The molecule has 1 aliphatic rings. The molecule has 2 atom stereocenters. The lowest BCUT2D eigenvalue weighted by atomic mass is 10.1. The minimum atomic E-state index is -0.634. The van der Waals surface area contributed by atoms with Gasteiger partial charge in [-0.05, 0) is 56.7 Å². The number of hydrogen-bond donors (Lipinski definition) is 0. The predicted molar refractivity (Wildman–Crippen MR) is 120 cm³/mol. The fourth-order valence-corrected chi connectivity index (χ4v) is 4.10. The second kappa shape index (κ2) is 8.76. The van der Waals surface area contributed by atoms with E-state index >= 15 is 0 Å². The van der Waals surface area contributed by atoms with Gasteiger partial charge in [0, 0.05) is 42.8 Å². The van der Waals surface area contributed by atoms with Crippen molar-refractivity contribution in [2.24, 2.45) is 0 Å². The average molecular weight is 418 g/mol. The SMILES string of the molecule is Cc1ccc(OC(C)C(=O)N2CCN(C(=O)c3ccccc3)CC2C)c2cccnc12. The van der Waals surface area contributed by atoms with E-state index in [9.17, 15) is 9.59 Å². The predicted octanol–water partition coefficient (Wildman–Crippen LogP) is 3.68. The smallest absolute Gasteiger partial charge is 0.263 e. The van der Waals surface area contributed by atoms with Crippen LogP contribution in [0.15, 0.2) is 60.8 Å². The highest BCUT2D eigenvalue weighted by Crippen LogP contribution is 2.28. The van der Waals surface area contributed by atoms with Crippen molar-refractivity contribution in [1.29, 1.82) is 0 Å². The van der Waals surface area contributed by atoms with E-state index in [4.69, 9.17) is 4.74 Å². The van der Waals surface area contributed by atoms with Crippen LogP contribution in [0.4, 0.5) is 0 Å². The van der Waals surface area contributed by atoms with Crippen molar-refractivity contribution in [3.05, 3.63) is 71.9 Å². The van der Waals surface area contributed by atoms with E-state index in [2.05, 4.69) is 4.98 Å². The molecule has 160 valence electrons. The Morgan fingerprint density at radius 1 is 1.06 bits per heavy atom. The molecule has 1 aliphatic heterocycles. The molecule has 0 saturated carbocycles. The molecule has 0 bridgehead atoms. The molecule has 6 nitrogen and oxygen atoms in total. The molecule has 6 heteroatoms. The Kier molecular flexibility index (Phi) is 5.89. The number of pyridine rings is 1. The van der Waals surface area contributed by atoms with Crippen LogP contribution in [-0.4, -0.2) is 58.4 Å². The third-order valence-electron chi connectivity index (χ3n) is 5.80. The van der Waals surface area contributed by atoms with E-state index < -0.39 is 6.10 Å². The zero-order valence-electron chi connectivity index (χ0n) is 18.1. The van der Waals surface area contributed by atoms with Crippen molar-refractivity contribution in [2.45, 2.75) is 32.9 Å². The first-order valence-corrected chi connectivity index (χ1v) is 10.6. The summed E-state index contributed by atoms with van der Waals surface area (Å²) in [7, 11) is 0. The monoisotopic (exact) mass is 417 g/mol. The molecule has 0 radical (unpaired) electrons. The lowest BCUT2D eigenvalue weighted by Crippen LogP contribution is -2.57. The van der Waals surface area contributed by atoms with E-state index in [0.29, 0.717) is 30.9 Å². The van der Waals surface area contributed by atoms with Crippen LogP contribution < -0.4 is 4.74 Å². The van der Waals surface area contributed by atoms with E-state index in [1.165, 1.54) is 0 Å². The lowest BCUT2D eigenvalue weighted by Gasteiger charge is -2.40. The highest BCUT2D eigenvalue weighted by Gasteiger charge is 2.33. The Labute approximate surface area is 182 Å². The second-order valence-corrected chi connectivity index (χ2v) is 8.04. The number of hydrogen-bond acceptors (Lipinski definition) is 4. The maximum Gasteiger partial charge on any atom is 0.263 e. The van der Waals surface area contributed by atoms with Crippen LogP contribution in [0.25, 0.3) is 10.9 Å². The van der Waals surface area contributed by atoms with Gasteiger partial charge in [0.25, 0.3) is 11.8 Å². The second-order valence-electron chi connectivity index (χ2n) is 8.04. The van der Waals surface area contributed by atoms with Crippen molar-refractivity contribution < 1.29 is 14.3 Å². The molecule has 31 heavy (non-hydrogen) atoms. The third-order valence-corrected chi connectivity index (χ3v) is 5.80. The van der Waals surface area contributed by atoms with Gasteiger partial charge in [0.2, 0.25) is 0 Å². The molecule has 2 heterocycles. The zero-order valence-corrected chi connectivity index (χ0v) is 18.1. The normalized spacial score (nSPS) is 17.5. The molecule has 2 amide bonds. The Hall–Kier alpha value is -3.41. The summed E-state index contributed by atoms with van der Waals surface area (Å²) in [6.07, 6.45) is 1.12. The zero-order chi connectivity index (χ0) is 22.0. The number of carbonyl (C=O) groups excluding carboxylic acids is 2. The molecule has 4 rings (SSSR count). The van der Waals surface area contributed by atoms with Crippen LogP contribution in [0.5, 0.6) is 5.75 Å². The Bertz CT molecular complexity index is 1100. The van der Waals surface area contributed by atoms with Gasteiger partial charge in [-0.25, -0.2) is 0 Å². The van der Waals surface area contributed by atoms with Gasteiger partial charge in [-0.3, -0.25) is 14.6 Å². The summed E-state index contributed by atoms with van der Waals surface area (Å²) in [5, 5.41) is 0.897. The van der Waals surface area contributed by atoms with Crippen LogP contribution in [-0.2, 0) is 4.79 Å². The van der Waals surface area contributed by atoms with Crippen LogP contribution in [0.1, 0.15) is 29.8 Å². The first-order chi connectivity index (χ1) is 15.0. The highest BCUT2D eigenvalue weighted by atomic mass is 16.5. The van der Waals surface area contributed by atoms with Crippen LogP contribution >= 0.6 is 0 Å².